The highest BCUT2D eigenvalue weighted by Gasteiger charge is 2.69. The Kier molecular flexibility index (Phi) is 9.53. The molecule has 0 amide bonds. The summed E-state index contributed by atoms with van der Waals surface area (Å²) in [5.41, 5.74) is -6.10. The normalized spacial score (nSPS) is 21.6. The molecule has 3 aromatic rings. The summed E-state index contributed by atoms with van der Waals surface area (Å²) in [7, 11) is 0. The smallest absolute Gasteiger partial charge is 0.348 e. The maximum atomic E-state index is 12.8. The van der Waals surface area contributed by atoms with E-state index in [1.165, 1.54) is 29.8 Å². The number of carboxylic acid groups (broad SMARTS) is 2. The number of carboxylic acids is 2. The molecule has 44 heavy (non-hydrogen) atoms. The van der Waals surface area contributed by atoms with Crippen LogP contribution < -0.4 is 0 Å². The van der Waals surface area contributed by atoms with Crippen LogP contribution in [0.5, 0.6) is 0 Å². The summed E-state index contributed by atoms with van der Waals surface area (Å²) >= 11 is 0. The van der Waals surface area contributed by atoms with E-state index in [2.05, 4.69) is 16.0 Å². The van der Waals surface area contributed by atoms with Gasteiger partial charge in [0.2, 0.25) is 11.6 Å². The zero-order valence-electron chi connectivity index (χ0n) is 24.3. The summed E-state index contributed by atoms with van der Waals surface area (Å²) in [6.07, 6.45) is 6.63. The van der Waals surface area contributed by atoms with Crippen LogP contribution in [0.3, 0.4) is 0 Å². The molecule has 11 nitrogen and oxygen atoms in total. The predicted octanol–water partition coefficient (Wildman–Crippen LogP) is 2.29. The summed E-state index contributed by atoms with van der Waals surface area (Å²) in [4.78, 5) is 67.7. The lowest BCUT2D eigenvalue weighted by atomic mass is 9.73. The quantitative estimate of drug-likeness (QED) is 0.208. The van der Waals surface area contributed by atoms with Crippen LogP contribution in [0.15, 0.2) is 73.1 Å². The number of fused-ring (bicyclic) bond motifs is 3. The largest absolute Gasteiger partial charge is 0.479 e. The Bertz CT molecular complexity index is 1470. The molecule has 3 aliphatic heterocycles. The van der Waals surface area contributed by atoms with Crippen LogP contribution in [0, 0.1) is 19.8 Å². The predicted molar refractivity (Wildman–Crippen MR) is 157 cm³/mol. The van der Waals surface area contributed by atoms with Crippen LogP contribution >= 0.6 is 0 Å². The maximum absolute atomic E-state index is 12.8. The first-order valence-corrected chi connectivity index (χ1v) is 14.1. The monoisotopic (exact) mass is 602 g/mol. The van der Waals surface area contributed by atoms with E-state index in [1.54, 1.807) is 20.0 Å². The molecular weight excluding hydrogens is 568 g/mol. The Morgan fingerprint density at radius 1 is 0.795 bits per heavy atom. The fraction of sp³-hybridized carbons (Fsp3) is 0.333. The van der Waals surface area contributed by atoms with Gasteiger partial charge in [-0.1, -0.05) is 65.7 Å². The number of aliphatic carboxylic acids is 2. The second-order valence-corrected chi connectivity index (χ2v) is 11.2. The van der Waals surface area contributed by atoms with Gasteiger partial charge in [0.05, 0.1) is 6.04 Å². The van der Waals surface area contributed by atoms with Gasteiger partial charge in [-0.15, -0.1) is 0 Å². The SMILES string of the molecule is Cc1ccc(C(=O)C(O)(C(=O)O)C(O)(C(=O)O)C(=O)c2ccc(C)cc2)cc1.O=C1C2CCN(CC2)[C@H]1Cc1cccnc1. The molecule has 6 rings (SSSR count). The van der Waals surface area contributed by atoms with Crippen molar-refractivity contribution in [1.82, 2.24) is 9.88 Å². The molecular formula is C33H34N2O9. The molecule has 2 bridgehead atoms. The number of aromatic nitrogens is 1. The molecule has 0 saturated carbocycles. The number of nitrogens with zero attached hydrogens (tertiary/aromatic N) is 2. The minimum Gasteiger partial charge on any atom is -0.479 e. The summed E-state index contributed by atoms with van der Waals surface area (Å²) in [5.74, 6) is -7.21. The van der Waals surface area contributed by atoms with Gasteiger partial charge in [-0.2, -0.15) is 0 Å². The fourth-order valence-corrected chi connectivity index (χ4v) is 5.58. The molecule has 4 heterocycles. The van der Waals surface area contributed by atoms with Gasteiger partial charge in [-0.25, -0.2) is 9.59 Å². The highest BCUT2D eigenvalue weighted by atomic mass is 16.5. The highest BCUT2D eigenvalue weighted by molar-refractivity contribution is 6.28. The molecule has 2 unspecified atom stereocenters. The molecule has 230 valence electrons. The molecule has 3 saturated heterocycles. The van der Waals surface area contributed by atoms with Crippen LogP contribution in [0.25, 0.3) is 0 Å². The van der Waals surface area contributed by atoms with Gasteiger partial charge < -0.3 is 20.4 Å². The van der Waals surface area contributed by atoms with E-state index >= 15 is 0 Å². The van der Waals surface area contributed by atoms with E-state index in [0.717, 1.165) is 56.6 Å². The van der Waals surface area contributed by atoms with Crippen molar-refractivity contribution in [3.05, 3.63) is 101 Å². The van der Waals surface area contributed by atoms with Gasteiger partial charge in [-0.3, -0.25) is 24.3 Å². The number of hydrogen-bond donors (Lipinski definition) is 4. The number of aliphatic hydroxyl groups is 2. The standard InChI is InChI=1S/C20H18O8.C13H16N2O/c1-11-3-7-13(8-4-11)15(21)19(27,17(23)24)20(28,18(25)26)16(22)14-9-5-12(2)6-10-14;16-13-11-3-6-15(7-4-11)12(13)8-10-2-1-5-14-9-10/h3-10,27-28H,1-2H3,(H,23,24)(H,25,26);1-2,5,9,11-12H,3-4,6-8H2/t;12-/m.0/s1. The first-order chi connectivity index (χ1) is 20.8. The lowest BCUT2D eigenvalue weighted by Crippen LogP contribution is -2.71. The van der Waals surface area contributed by atoms with Gasteiger partial charge in [-0.05, 0) is 57.8 Å². The lowest BCUT2D eigenvalue weighted by Gasteiger charge is -2.44. The molecule has 0 aliphatic carbocycles. The number of piperidine rings is 3. The molecule has 2 aromatic carbocycles. The summed E-state index contributed by atoms with van der Waals surface area (Å²) < 4.78 is 0. The highest BCUT2D eigenvalue weighted by Crippen LogP contribution is 2.32. The third-order valence-corrected chi connectivity index (χ3v) is 8.28. The summed E-state index contributed by atoms with van der Waals surface area (Å²) in [6.45, 7) is 5.57. The van der Waals surface area contributed by atoms with E-state index in [0.29, 0.717) is 22.8 Å². The number of hydrogen-bond acceptors (Lipinski definition) is 9. The Balaban J connectivity index is 0.000000231. The van der Waals surface area contributed by atoms with E-state index in [-0.39, 0.29) is 17.2 Å². The number of carbonyl (C=O) groups is 5. The van der Waals surface area contributed by atoms with Crippen LogP contribution in [0.4, 0.5) is 0 Å². The molecule has 1 aromatic heterocycles. The molecule has 11 heteroatoms. The average molecular weight is 603 g/mol. The number of aryl methyl sites for hydroxylation is 2. The Labute approximate surface area is 253 Å². The topological polar surface area (TPSA) is 182 Å². The number of Topliss-reactive ketones (excluding diaryl/α,β-unsaturated/α-hetero) is 3. The van der Waals surface area contributed by atoms with Crippen LogP contribution in [-0.2, 0) is 20.8 Å². The van der Waals surface area contributed by atoms with Gasteiger partial charge in [0.15, 0.2) is 5.78 Å². The number of carbonyl (C=O) groups excluding carboxylic acids is 3. The Morgan fingerprint density at radius 3 is 1.61 bits per heavy atom. The van der Waals surface area contributed by atoms with Gasteiger partial charge in [0.25, 0.3) is 11.2 Å². The molecule has 4 N–H and O–H groups in total. The second-order valence-electron chi connectivity index (χ2n) is 11.2. The lowest BCUT2D eigenvalue weighted by molar-refractivity contribution is -0.187. The zero-order chi connectivity index (χ0) is 32.2. The Morgan fingerprint density at radius 2 is 1.25 bits per heavy atom. The number of ketones is 3. The van der Waals surface area contributed by atoms with Gasteiger partial charge in [0, 0.05) is 29.4 Å². The minimum absolute atomic E-state index is 0.122. The molecule has 0 radical (unpaired) electrons. The van der Waals surface area contributed by atoms with Gasteiger partial charge >= 0.3 is 11.9 Å². The summed E-state index contributed by atoms with van der Waals surface area (Å²) in [6, 6.07) is 14.5. The van der Waals surface area contributed by atoms with Crippen molar-refractivity contribution in [2.24, 2.45) is 5.92 Å². The van der Waals surface area contributed by atoms with E-state index in [4.69, 9.17) is 0 Å². The van der Waals surface area contributed by atoms with Crippen molar-refractivity contribution in [2.45, 2.75) is 50.4 Å². The summed E-state index contributed by atoms with van der Waals surface area (Å²) in [5, 5.41) is 40.3. The fourth-order valence-electron chi connectivity index (χ4n) is 5.58. The van der Waals surface area contributed by atoms with E-state index < -0.39 is 34.7 Å². The number of pyridine rings is 1. The van der Waals surface area contributed by atoms with Crippen molar-refractivity contribution in [3.63, 3.8) is 0 Å². The molecule has 3 atom stereocenters. The van der Waals surface area contributed by atoms with Crippen molar-refractivity contribution in [3.8, 4) is 0 Å². The first-order valence-electron chi connectivity index (χ1n) is 14.1. The third kappa shape index (κ3) is 6.07. The molecule has 3 aliphatic rings. The number of rotatable bonds is 9. The van der Waals surface area contributed by atoms with Crippen molar-refractivity contribution in [1.29, 1.82) is 0 Å². The van der Waals surface area contributed by atoms with E-state index in [9.17, 15) is 44.4 Å². The third-order valence-electron chi connectivity index (χ3n) is 8.28. The van der Waals surface area contributed by atoms with Gasteiger partial charge in [0.1, 0.15) is 0 Å². The minimum atomic E-state index is -3.96. The molecule has 0 spiro atoms. The van der Waals surface area contributed by atoms with Crippen LogP contribution in [0.2, 0.25) is 0 Å². The van der Waals surface area contributed by atoms with E-state index in [1.807, 2.05) is 12.3 Å². The Hall–Kier alpha value is -4.58. The second kappa shape index (κ2) is 13.0. The average Bonchev–Trinajstić information content (AvgIpc) is 3.03. The molecule has 3 fully saturated rings. The van der Waals surface area contributed by atoms with Crippen molar-refractivity contribution < 1.29 is 44.4 Å². The first kappa shape index (κ1) is 32.3. The van der Waals surface area contributed by atoms with Crippen molar-refractivity contribution in [2.75, 3.05) is 13.1 Å². The maximum Gasteiger partial charge on any atom is 0.348 e. The number of benzene rings is 2. The van der Waals surface area contributed by atoms with Crippen molar-refractivity contribution >= 4 is 29.3 Å². The van der Waals surface area contributed by atoms with Crippen LogP contribution in [-0.4, -0.2) is 89.9 Å². The van der Waals surface area contributed by atoms with Crippen LogP contribution in [0.1, 0.15) is 50.2 Å². The zero-order valence-corrected chi connectivity index (χ0v) is 24.3.